The van der Waals surface area contributed by atoms with Crippen molar-refractivity contribution >= 4 is 12.4 Å². The highest BCUT2D eigenvalue weighted by atomic mass is 35.5. The number of hydrogen-bond acceptors (Lipinski definition) is 3. The summed E-state index contributed by atoms with van der Waals surface area (Å²) in [4.78, 5) is 0. The van der Waals surface area contributed by atoms with Crippen molar-refractivity contribution in [2.24, 2.45) is 5.73 Å². The van der Waals surface area contributed by atoms with Crippen LogP contribution in [0.5, 0.6) is 5.75 Å². The molecule has 0 radical (unpaired) electrons. The molecule has 0 amide bonds. The van der Waals surface area contributed by atoms with E-state index in [2.05, 4.69) is 0 Å². The van der Waals surface area contributed by atoms with Gasteiger partial charge in [-0.2, -0.15) is 0 Å². The Morgan fingerprint density at radius 2 is 1.80 bits per heavy atom. The molecule has 0 fully saturated rings. The lowest BCUT2D eigenvalue weighted by Gasteiger charge is -2.12. The van der Waals surface area contributed by atoms with Crippen LogP contribution in [0.25, 0.3) is 0 Å². The molecule has 0 saturated carbocycles. The normalized spacial score (nSPS) is 11.5. The maximum atomic E-state index is 8.91. The summed E-state index contributed by atoms with van der Waals surface area (Å²) in [6, 6.07) is 17.6. The molecular weight excluding hydrogens is 274 g/mol. The lowest BCUT2D eigenvalue weighted by molar-refractivity contribution is 0.276. The fraction of sp³-hybridized carbons (Fsp3) is 0.250. The predicted octanol–water partition coefficient (Wildman–Crippen LogP) is 3.07. The molecule has 0 aliphatic heterocycles. The monoisotopic (exact) mass is 293 g/mol. The standard InChI is InChI=1S/C16H19NO2.ClH/c17-16(9-10-18)14-7-4-8-15(11-14)19-12-13-5-2-1-3-6-13;/h1-8,11,16,18H,9-10,12,17H2;1H/t16-;/m1./s1. The van der Waals surface area contributed by atoms with E-state index in [4.69, 9.17) is 15.6 Å². The maximum Gasteiger partial charge on any atom is 0.120 e. The number of aliphatic hydroxyl groups is 1. The second kappa shape index (κ2) is 8.59. The number of hydrogen-bond donors (Lipinski definition) is 2. The zero-order chi connectivity index (χ0) is 13.5. The number of benzene rings is 2. The molecule has 20 heavy (non-hydrogen) atoms. The number of aliphatic hydroxyl groups excluding tert-OH is 1. The van der Waals surface area contributed by atoms with E-state index in [1.807, 2.05) is 54.6 Å². The van der Waals surface area contributed by atoms with Crippen LogP contribution in [-0.4, -0.2) is 11.7 Å². The topological polar surface area (TPSA) is 55.5 Å². The molecule has 0 spiro atoms. The molecule has 108 valence electrons. The molecule has 2 aromatic carbocycles. The summed E-state index contributed by atoms with van der Waals surface area (Å²) in [7, 11) is 0. The van der Waals surface area contributed by atoms with Gasteiger partial charge in [0.1, 0.15) is 12.4 Å². The zero-order valence-corrected chi connectivity index (χ0v) is 12.1. The van der Waals surface area contributed by atoms with Crippen LogP contribution >= 0.6 is 12.4 Å². The predicted molar refractivity (Wildman–Crippen MR) is 83.1 cm³/mol. The number of halogens is 1. The Morgan fingerprint density at radius 1 is 1.05 bits per heavy atom. The van der Waals surface area contributed by atoms with Crippen molar-refractivity contribution in [2.75, 3.05) is 6.61 Å². The molecule has 0 aromatic heterocycles. The Hall–Kier alpha value is -1.55. The van der Waals surface area contributed by atoms with E-state index in [1.54, 1.807) is 0 Å². The third kappa shape index (κ3) is 4.85. The minimum atomic E-state index is -0.148. The Balaban J connectivity index is 0.00000200. The molecular formula is C16H20ClNO2. The van der Waals surface area contributed by atoms with Crippen LogP contribution in [0.4, 0.5) is 0 Å². The van der Waals surface area contributed by atoms with Crippen molar-refractivity contribution < 1.29 is 9.84 Å². The molecule has 0 unspecified atom stereocenters. The average Bonchev–Trinajstić information content (AvgIpc) is 2.47. The van der Waals surface area contributed by atoms with E-state index >= 15 is 0 Å². The number of rotatable bonds is 6. The maximum absolute atomic E-state index is 8.91. The van der Waals surface area contributed by atoms with Crippen LogP contribution in [0.2, 0.25) is 0 Å². The minimum Gasteiger partial charge on any atom is -0.489 e. The fourth-order valence-electron chi connectivity index (χ4n) is 1.88. The van der Waals surface area contributed by atoms with Gasteiger partial charge < -0.3 is 15.6 Å². The molecule has 2 aromatic rings. The minimum absolute atomic E-state index is 0. The van der Waals surface area contributed by atoms with Crippen molar-refractivity contribution in [1.82, 2.24) is 0 Å². The van der Waals surface area contributed by atoms with Crippen molar-refractivity contribution in [3.63, 3.8) is 0 Å². The Morgan fingerprint density at radius 3 is 2.50 bits per heavy atom. The number of ether oxygens (including phenoxy) is 1. The lowest BCUT2D eigenvalue weighted by Crippen LogP contribution is -2.11. The molecule has 3 nitrogen and oxygen atoms in total. The molecule has 0 saturated heterocycles. The van der Waals surface area contributed by atoms with E-state index in [9.17, 15) is 0 Å². The van der Waals surface area contributed by atoms with Gasteiger partial charge in [0.25, 0.3) is 0 Å². The van der Waals surface area contributed by atoms with Crippen LogP contribution in [0.1, 0.15) is 23.6 Å². The molecule has 1 atom stereocenters. The van der Waals surface area contributed by atoms with Crippen molar-refractivity contribution in [3.8, 4) is 5.75 Å². The second-order valence-electron chi connectivity index (χ2n) is 4.47. The van der Waals surface area contributed by atoms with Gasteiger partial charge in [-0.25, -0.2) is 0 Å². The lowest BCUT2D eigenvalue weighted by atomic mass is 10.1. The van der Waals surface area contributed by atoms with Gasteiger partial charge in [-0.3, -0.25) is 0 Å². The van der Waals surface area contributed by atoms with Gasteiger partial charge in [0.15, 0.2) is 0 Å². The summed E-state index contributed by atoms with van der Waals surface area (Å²) in [5.41, 5.74) is 8.08. The first kappa shape index (κ1) is 16.5. The highest BCUT2D eigenvalue weighted by Gasteiger charge is 2.06. The highest BCUT2D eigenvalue weighted by Crippen LogP contribution is 2.20. The molecule has 0 heterocycles. The van der Waals surface area contributed by atoms with Gasteiger partial charge in [-0.15, -0.1) is 12.4 Å². The van der Waals surface area contributed by atoms with Gasteiger partial charge in [0.2, 0.25) is 0 Å². The van der Waals surface area contributed by atoms with Crippen LogP contribution < -0.4 is 10.5 Å². The van der Waals surface area contributed by atoms with Crippen LogP contribution in [0.15, 0.2) is 54.6 Å². The molecule has 3 N–H and O–H groups in total. The smallest absolute Gasteiger partial charge is 0.120 e. The quantitative estimate of drug-likeness (QED) is 0.860. The first-order chi connectivity index (χ1) is 9.29. The van der Waals surface area contributed by atoms with Gasteiger partial charge >= 0.3 is 0 Å². The highest BCUT2D eigenvalue weighted by molar-refractivity contribution is 5.85. The molecule has 2 rings (SSSR count). The van der Waals surface area contributed by atoms with E-state index < -0.39 is 0 Å². The van der Waals surface area contributed by atoms with Crippen molar-refractivity contribution in [3.05, 3.63) is 65.7 Å². The Kier molecular flexibility index (Phi) is 7.09. The van der Waals surface area contributed by atoms with Crippen molar-refractivity contribution in [2.45, 2.75) is 19.1 Å². The van der Waals surface area contributed by atoms with E-state index in [0.717, 1.165) is 16.9 Å². The molecule has 0 bridgehead atoms. The third-order valence-corrected chi connectivity index (χ3v) is 2.97. The van der Waals surface area contributed by atoms with Gasteiger partial charge in [-0.05, 0) is 29.7 Å². The summed E-state index contributed by atoms with van der Waals surface area (Å²) in [6.07, 6.45) is 0.558. The fourth-order valence-corrected chi connectivity index (χ4v) is 1.88. The van der Waals surface area contributed by atoms with Crippen LogP contribution in [0.3, 0.4) is 0 Å². The van der Waals surface area contributed by atoms with Crippen LogP contribution in [0, 0.1) is 0 Å². The van der Waals surface area contributed by atoms with Gasteiger partial charge in [0.05, 0.1) is 0 Å². The first-order valence-corrected chi connectivity index (χ1v) is 6.42. The molecule has 4 heteroatoms. The Bertz CT molecular complexity index is 505. The Labute approximate surface area is 125 Å². The molecule has 0 aliphatic rings. The summed E-state index contributed by atoms with van der Waals surface area (Å²) in [5, 5.41) is 8.91. The van der Waals surface area contributed by atoms with E-state index in [1.165, 1.54) is 0 Å². The number of nitrogens with two attached hydrogens (primary N) is 1. The first-order valence-electron chi connectivity index (χ1n) is 6.42. The van der Waals surface area contributed by atoms with Crippen LogP contribution in [-0.2, 0) is 6.61 Å². The van der Waals surface area contributed by atoms with E-state index in [-0.39, 0.29) is 25.1 Å². The van der Waals surface area contributed by atoms with Gasteiger partial charge in [-0.1, -0.05) is 42.5 Å². The molecule has 0 aliphatic carbocycles. The summed E-state index contributed by atoms with van der Waals surface area (Å²) >= 11 is 0. The summed E-state index contributed by atoms with van der Waals surface area (Å²) in [6.45, 7) is 0.635. The second-order valence-corrected chi connectivity index (χ2v) is 4.47. The largest absolute Gasteiger partial charge is 0.489 e. The third-order valence-electron chi connectivity index (χ3n) is 2.97. The summed E-state index contributed by atoms with van der Waals surface area (Å²) in [5.74, 6) is 0.801. The average molecular weight is 294 g/mol. The SMILES string of the molecule is Cl.N[C@H](CCO)c1cccc(OCc2ccccc2)c1. The summed E-state index contributed by atoms with van der Waals surface area (Å²) < 4.78 is 5.74. The van der Waals surface area contributed by atoms with Crippen molar-refractivity contribution in [1.29, 1.82) is 0 Å². The van der Waals surface area contributed by atoms with Gasteiger partial charge in [0, 0.05) is 12.6 Å². The van der Waals surface area contributed by atoms with E-state index in [0.29, 0.717) is 13.0 Å². The zero-order valence-electron chi connectivity index (χ0n) is 11.2.